The van der Waals surface area contributed by atoms with Gasteiger partial charge in [-0.05, 0) is 11.8 Å². The first-order valence-corrected chi connectivity index (χ1v) is 4.46. The van der Waals surface area contributed by atoms with E-state index in [1.807, 2.05) is 20.8 Å². The Morgan fingerprint density at radius 3 is 2.43 bits per heavy atom. The molecular formula is C8H14N4O2. The summed E-state index contributed by atoms with van der Waals surface area (Å²) < 4.78 is 1.31. The molecule has 0 bridgehead atoms. The van der Waals surface area contributed by atoms with Gasteiger partial charge in [0.15, 0.2) is 5.69 Å². The van der Waals surface area contributed by atoms with Gasteiger partial charge in [-0.15, -0.1) is 9.78 Å². The fourth-order valence-corrected chi connectivity index (χ4v) is 1.19. The largest absolute Gasteiger partial charge is 0.368 e. The van der Waals surface area contributed by atoms with Crippen LogP contribution in [0, 0.1) is 10.1 Å². The molecule has 78 valence electrons. The Hall–Kier alpha value is -1.46. The van der Waals surface area contributed by atoms with Gasteiger partial charge in [0, 0.05) is 10.6 Å². The van der Waals surface area contributed by atoms with E-state index in [2.05, 4.69) is 10.3 Å². The zero-order chi connectivity index (χ0) is 10.9. The molecular weight excluding hydrogens is 184 g/mol. The molecule has 1 heterocycles. The molecule has 0 saturated heterocycles. The van der Waals surface area contributed by atoms with Crippen LogP contribution in [-0.4, -0.2) is 19.9 Å². The number of hydrogen-bond acceptors (Lipinski definition) is 4. The second kappa shape index (κ2) is 3.36. The molecule has 0 saturated carbocycles. The minimum Gasteiger partial charge on any atom is -0.358 e. The van der Waals surface area contributed by atoms with Crippen molar-refractivity contribution in [1.29, 1.82) is 0 Å². The van der Waals surface area contributed by atoms with Gasteiger partial charge in [0.2, 0.25) is 0 Å². The minimum absolute atomic E-state index is 0.000000000000000222. The minimum atomic E-state index is -0.427. The maximum Gasteiger partial charge on any atom is 0.368 e. The molecule has 0 spiro atoms. The number of aromatic nitrogens is 3. The van der Waals surface area contributed by atoms with E-state index in [4.69, 9.17) is 0 Å². The van der Waals surface area contributed by atoms with E-state index in [1.54, 1.807) is 6.92 Å². The molecule has 0 aliphatic heterocycles. The lowest BCUT2D eigenvalue weighted by Gasteiger charge is -2.13. The maximum absolute atomic E-state index is 10.8. The van der Waals surface area contributed by atoms with E-state index in [0.717, 1.165) is 0 Å². The van der Waals surface area contributed by atoms with Crippen LogP contribution in [-0.2, 0) is 12.0 Å². The molecule has 1 rings (SSSR count). The highest BCUT2D eigenvalue weighted by Gasteiger charge is 2.31. The zero-order valence-corrected chi connectivity index (χ0v) is 8.81. The summed E-state index contributed by atoms with van der Waals surface area (Å²) in [7, 11) is 0. The third kappa shape index (κ3) is 1.73. The molecule has 0 fully saturated rings. The SMILES string of the molecule is CCn1nnc(C(C)(C)C)c1[N+](=O)[O-]. The lowest BCUT2D eigenvalue weighted by atomic mass is 9.92. The second-order valence-electron chi connectivity index (χ2n) is 4.08. The van der Waals surface area contributed by atoms with Crippen LogP contribution in [0.15, 0.2) is 0 Å². The molecule has 0 aliphatic carbocycles. The van der Waals surface area contributed by atoms with Crippen LogP contribution in [0.3, 0.4) is 0 Å². The first kappa shape index (κ1) is 10.6. The number of hydrogen-bond donors (Lipinski definition) is 0. The van der Waals surface area contributed by atoms with Crippen molar-refractivity contribution in [2.45, 2.75) is 39.7 Å². The molecule has 0 N–H and O–H groups in total. The molecule has 0 amide bonds. The standard InChI is InChI=1S/C8H14N4O2/c1-5-11-7(12(13)14)6(9-10-11)8(2,3)4/h5H2,1-4H3. The molecule has 0 aliphatic rings. The summed E-state index contributed by atoms with van der Waals surface area (Å²) in [5.41, 5.74) is 0.0832. The van der Waals surface area contributed by atoms with E-state index in [-0.39, 0.29) is 11.2 Å². The van der Waals surface area contributed by atoms with Crippen molar-refractivity contribution in [2.75, 3.05) is 0 Å². The Kier molecular flexibility index (Phi) is 2.55. The Morgan fingerprint density at radius 2 is 2.07 bits per heavy atom. The lowest BCUT2D eigenvalue weighted by molar-refractivity contribution is -0.393. The van der Waals surface area contributed by atoms with E-state index in [1.165, 1.54) is 4.68 Å². The molecule has 14 heavy (non-hydrogen) atoms. The summed E-state index contributed by atoms with van der Waals surface area (Å²) in [6, 6.07) is 0. The molecule has 0 unspecified atom stereocenters. The van der Waals surface area contributed by atoms with Gasteiger partial charge in [-0.3, -0.25) is 0 Å². The average molecular weight is 198 g/mol. The second-order valence-corrected chi connectivity index (χ2v) is 4.08. The number of aryl methyl sites for hydroxylation is 1. The van der Waals surface area contributed by atoms with Crippen LogP contribution in [0.1, 0.15) is 33.4 Å². The highest BCUT2D eigenvalue weighted by Crippen LogP contribution is 2.28. The quantitative estimate of drug-likeness (QED) is 0.533. The third-order valence-electron chi connectivity index (χ3n) is 1.89. The smallest absolute Gasteiger partial charge is 0.358 e. The van der Waals surface area contributed by atoms with Crippen molar-refractivity contribution in [2.24, 2.45) is 0 Å². The maximum atomic E-state index is 10.8. The van der Waals surface area contributed by atoms with Crippen molar-refractivity contribution < 1.29 is 4.92 Å². The van der Waals surface area contributed by atoms with Crippen LogP contribution in [0.2, 0.25) is 0 Å². The van der Waals surface area contributed by atoms with Crippen molar-refractivity contribution in [3.8, 4) is 0 Å². The number of rotatable bonds is 2. The van der Waals surface area contributed by atoms with E-state index in [0.29, 0.717) is 12.2 Å². The highest BCUT2D eigenvalue weighted by atomic mass is 16.6. The number of nitrogens with zero attached hydrogens (tertiary/aromatic N) is 4. The third-order valence-corrected chi connectivity index (χ3v) is 1.89. The molecule has 6 heteroatoms. The molecule has 0 atom stereocenters. The summed E-state index contributed by atoms with van der Waals surface area (Å²) in [5, 5.41) is 18.4. The first-order valence-electron chi connectivity index (χ1n) is 4.46. The van der Waals surface area contributed by atoms with Crippen LogP contribution >= 0.6 is 0 Å². The van der Waals surface area contributed by atoms with Crippen LogP contribution in [0.4, 0.5) is 5.82 Å². The van der Waals surface area contributed by atoms with Crippen LogP contribution < -0.4 is 0 Å². The lowest BCUT2D eigenvalue weighted by Crippen LogP contribution is -2.15. The summed E-state index contributed by atoms with van der Waals surface area (Å²) in [4.78, 5) is 10.4. The van der Waals surface area contributed by atoms with Gasteiger partial charge < -0.3 is 10.1 Å². The topological polar surface area (TPSA) is 73.8 Å². The Balaban J connectivity index is 3.32. The van der Waals surface area contributed by atoms with E-state index >= 15 is 0 Å². The van der Waals surface area contributed by atoms with Gasteiger partial charge in [-0.25, -0.2) is 0 Å². The fourth-order valence-electron chi connectivity index (χ4n) is 1.19. The Labute approximate surface area is 82.1 Å². The normalized spacial score (nSPS) is 11.7. The van der Waals surface area contributed by atoms with Gasteiger partial charge in [0.05, 0.1) is 0 Å². The zero-order valence-electron chi connectivity index (χ0n) is 8.81. The molecule has 0 aromatic carbocycles. The summed E-state index contributed by atoms with van der Waals surface area (Å²) in [6.07, 6.45) is 0. The van der Waals surface area contributed by atoms with Crippen LogP contribution in [0.25, 0.3) is 0 Å². The summed E-state index contributed by atoms with van der Waals surface area (Å²) in [5.74, 6) is 0.000000000000000222. The molecule has 6 nitrogen and oxygen atoms in total. The van der Waals surface area contributed by atoms with Gasteiger partial charge in [-0.1, -0.05) is 20.8 Å². The first-order chi connectivity index (χ1) is 6.38. The Bertz CT molecular complexity index is 351. The average Bonchev–Trinajstić information content (AvgIpc) is 2.45. The predicted octanol–water partition coefficient (Wildman–Crippen LogP) is 1.50. The number of nitro groups is 1. The Morgan fingerprint density at radius 1 is 1.50 bits per heavy atom. The monoisotopic (exact) mass is 198 g/mol. The molecule has 1 aromatic heterocycles. The summed E-state index contributed by atoms with van der Waals surface area (Å²) in [6.45, 7) is 7.89. The highest BCUT2D eigenvalue weighted by molar-refractivity contribution is 5.31. The van der Waals surface area contributed by atoms with E-state index in [9.17, 15) is 10.1 Å². The fraction of sp³-hybridized carbons (Fsp3) is 0.750. The van der Waals surface area contributed by atoms with Gasteiger partial charge in [-0.2, -0.15) is 0 Å². The van der Waals surface area contributed by atoms with Crippen LogP contribution in [0.5, 0.6) is 0 Å². The van der Waals surface area contributed by atoms with Gasteiger partial charge in [0.25, 0.3) is 0 Å². The van der Waals surface area contributed by atoms with Gasteiger partial charge >= 0.3 is 5.82 Å². The van der Waals surface area contributed by atoms with Crippen molar-refractivity contribution in [1.82, 2.24) is 15.0 Å². The van der Waals surface area contributed by atoms with Crippen molar-refractivity contribution in [3.63, 3.8) is 0 Å². The van der Waals surface area contributed by atoms with E-state index < -0.39 is 4.92 Å². The van der Waals surface area contributed by atoms with Gasteiger partial charge in [0.1, 0.15) is 6.54 Å². The summed E-state index contributed by atoms with van der Waals surface area (Å²) >= 11 is 0. The molecule has 1 aromatic rings. The van der Waals surface area contributed by atoms with Crippen molar-refractivity contribution >= 4 is 5.82 Å². The molecule has 0 radical (unpaired) electrons. The predicted molar refractivity (Wildman–Crippen MR) is 51.1 cm³/mol. The van der Waals surface area contributed by atoms with Crippen molar-refractivity contribution in [3.05, 3.63) is 15.8 Å².